The number of carbonyl (C=O) groups excluding carboxylic acids is 2. The number of hydrogen-bond donors (Lipinski definition) is 1. The van der Waals surface area contributed by atoms with Gasteiger partial charge in [-0.05, 0) is 50.3 Å². The van der Waals surface area contributed by atoms with E-state index in [1.807, 2.05) is 4.68 Å². The molecule has 12 heteroatoms. The molecule has 4 saturated carbocycles. The molecule has 192 valence electrons. The number of nitrogens with one attached hydrogen (secondary N) is 1. The fourth-order valence-electron chi connectivity index (χ4n) is 6.02. The third-order valence-corrected chi connectivity index (χ3v) is 7.78. The third-order valence-electron chi connectivity index (χ3n) is 7.55. The molecule has 2 unspecified atom stereocenters. The first-order valence-electron chi connectivity index (χ1n) is 11.8. The Hall–Kier alpha value is -2.79. The van der Waals surface area contributed by atoms with Crippen molar-refractivity contribution in [3.8, 4) is 11.5 Å². The van der Waals surface area contributed by atoms with Gasteiger partial charge in [-0.15, -0.1) is 13.2 Å². The van der Waals surface area contributed by atoms with Gasteiger partial charge in [-0.2, -0.15) is 5.10 Å². The molecule has 1 aromatic carbocycles. The van der Waals surface area contributed by atoms with Gasteiger partial charge in [-0.3, -0.25) is 19.0 Å². The molecule has 1 amide bonds. The summed E-state index contributed by atoms with van der Waals surface area (Å²) in [5.74, 6) is 0.352. The predicted octanol–water partition coefficient (Wildman–Crippen LogP) is 4.15. The normalized spacial score (nSPS) is 32.7. The summed E-state index contributed by atoms with van der Waals surface area (Å²) >= 11 is 5.95. The SMILES string of the molecule is O=C1C[C@H](C(=O)NC23CC(n4cc(OC5CCC(OC(F)(F)F)C5)cn4)(C2)C3)Oc2ccc(Cl)cc21. The summed E-state index contributed by atoms with van der Waals surface area (Å²) in [6.07, 6.45) is -0.494. The first-order chi connectivity index (χ1) is 17.0. The zero-order valence-electron chi connectivity index (χ0n) is 19.0. The monoisotopic (exact) mass is 525 g/mol. The molecule has 4 fully saturated rings. The van der Waals surface area contributed by atoms with Gasteiger partial charge in [-0.1, -0.05) is 11.6 Å². The summed E-state index contributed by atoms with van der Waals surface area (Å²) in [5, 5.41) is 7.89. The van der Waals surface area contributed by atoms with E-state index in [9.17, 15) is 22.8 Å². The average molecular weight is 526 g/mol. The Bertz CT molecular complexity index is 1210. The van der Waals surface area contributed by atoms with Crippen LogP contribution < -0.4 is 14.8 Å². The van der Waals surface area contributed by atoms with Gasteiger partial charge in [0, 0.05) is 17.0 Å². The number of nitrogens with zero attached hydrogens (tertiary/aromatic N) is 2. The number of amides is 1. The number of aromatic nitrogens is 2. The first-order valence-corrected chi connectivity index (χ1v) is 12.2. The van der Waals surface area contributed by atoms with Crippen molar-refractivity contribution in [3.63, 3.8) is 0 Å². The van der Waals surface area contributed by atoms with Crippen molar-refractivity contribution in [1.29, 1.82) is 0 Å². The lowest BCUT2D eigenvalue weighted by molar-refractivity contribution is -0.341. The Labute approximate surface area is 209 Å². The van der Waals surface area contributed by atoms with Crippen LogP contribution in [0.4, 0.5) is 13.2 Å². The summed E-state index contributed by atoms with van der Waals surface area (Å²) < 4.78 is 54.8. The summed E-state index contributed by atoms with van der Waals surface area (Å²) in [5.41, 5.74) is -0.197. The van der Waals surface area contributed by atoms with Crippen molar-refractivity contribution in [2.24, 2.45) is 0 Å². The molecule has 0 spiro atoms. The molecule has 36 heavy (non-hydrogen) atoms. The Balaban J connectivity index is 1.01. The molecule has 3 atom stereocenters. The lowest BCUT2D eigenvalue weighted by Crippen LogP contribution is -2.79. The number of hydrogen-bond acceptors (Lipinski definition) is 6. The minimum atomic E-state index is -4.64. The topological polar surface area (TPSA) is 91.7 Å². The van der Waals surface area contributed by atoms with Crippen LogP contribution in [0.2, 0.25) is 5.02 Å². The van der Waals surface area contributed by atoms with Crippen molar-refractivity contribution in [1.82, 2.24) is 15.1 Å². The fourth-order valence-corrected chi connectivity index (χ4v) is 6.19. The van der Waals surface area contributed by atoms with Gasteiger partial charge in [-0.25, -0.2) is 0 Å². The van der Waals surface area contributed by atoms with Gasteiger partial charge in [0.25, 0.3) is 5.91 Å². The minimum absolute atomic E-state index is 0.0453. The number of ketones is 1. The maximum atomic E-state index is 12.9. The number of Topliss-reactive ketones (excluding diaryl/α,β-unsaturated/α-hetero) is 1. The van der Waals surface area contributed by atoms with Gasteiger partial charge < -0.3 is 14.8 Å². The van der Waals surface area contributed by atoms with Crippen molar-refractivity contribution < 1.29 is 37.0 Å². The van der Waals surface area contributed by atoms with Crippen LogP contribution in [0.25, 0.3) is 0 Å². The van der Waals surface area contributed by atoms with E-state index in [1.54, 1.807) is 30.6 Å². The molecule has 7 rings (SSSR count). The highest BCUT2D eigenvalue weighted by Crippen LogP contribution is 2.65. The zero-order valence-corrected chi connectivity index (χ0v) is 19.8. The summed E-state index contributed by atoms with van der Waals surface area (Å²) in [4.78, 5) is 25.3. The molecule has 2 bridgehead atoms. The molecule has 0 radical (unpaired) electrons. The number of alkyl halides is 3. The van der Waals surface area contributed by atoms with E-state index in [4.69, 9.17) is 21.1 Å². The number of rotatable bonds is 6. The second-order valence-corrected chi connectivity index (χ2v) is 10.7. The number of ether oxygens (including phenoxy) is 3. The van der Waals surface area contributed by atoms with Crippen molar-refractivity contribution in [2.45, 2.75) is 80.7 Å². The number of halogens is 4. The molecule has 8 nitrogen and oxygen atoms in total. The molecule has 2 heterocycles. The average Bonchev–Trinajstić information content (AvgIpc) is 3.38. The Morgan fingerprint density at radius 1 is 1.22 bits per heavy atom. The minimum Gasteiger partial charge on any atom is -0.487 e. The van der Waals surface area contributed by atoms with E-state index in [1.165, 1.54) is 0 Å². The van der Waals surface area contributed by atoms with Gasteiger partial charge in [0.15, 0.2) is 17.6 Å². The largest absolute Gasteiger partial charge is 0.522 e. The van der Waals surface area contributed by atoms with Crippen LogP contribution in [0.3, 0.4) is 0 Å². The molecule has 2 aromatic rings. The highest BCUT2D eigenvalue weighted by atomic mass is 35.5. The molecular weight excluding hydrogens is 503 g/mol. The quantitative estimate of drug-likeness (QED) is 0.609. The van der Waals surface area contributed by atoms with Crippen molar-refractivity contribution in [3.05, 3.63) is 41.2 Å². The molecule has 1 aromatic heterocycles. The third kappa shape index (κ3) is 4.21. The maximum Gasteiger partial charge on any atom is 0.522 e. The van der Waals surface area contributed by atoms with Crippen LogP contribution >= 0.6 is 11.6 Å². The summed E-state index contributed by atoms with van der Waals surface area (Å²) in [6, 6.07) is 4.75. The molecule has 4 aliphatic carbocycles. The number of carbonyl (C=O) groups is 2. The van der Waals surface area contributed by atoms with Crippen molar-refractivity contribution in [2.75, 3.05) is 0 Å². The molecule has 1 N–H and O–H groups in total. The van der Waals surface area contributed by atoms with E-state index in [-0.39, 0.29) is 41.7 Å². The van der Waals surface area contributed by atoms with Crippen LogP contribution in [0.1, 0.15) is 55.3 Å². The van der Waals surface area contributed by atoms with Crippen LogP contribution in [-0.2, 0) is 15.1 Å². The van der Waals surface area contributed by atoms with Gasteiger partial charge >= 0.3 is 6.36 Å². The molecule has 1 aliphatic heterocycles. The van der Waals surface area contributed by atoms with E-state index in [0.29, 0.717) is 54.2 Å². The Morgan fingerprint density at radius 2 is 1.97 bits per heavy atom. The van der Waals surface area contributed by atoms with Gasteiger partial charge in [0.1, 0.15) is 11.9 Å². The van der Waals surface area contributed by atoms with E-state index in [0.717, 1.165) is 0 Å². The van der Waals surface area contributed by atoms with E-state index >= 15 is 0 Å². The zero-order chi connectivity index (χ0) is 25.3. The van der Waals surface area contributed by atoms with E-state index < -0.39 is 18.6 Å². The molecular formula is C24H23ClF3N3O5. The standard InChI is InChI=1S/C24H23ClF3N3O5/c25-13-1-4-19-17(5-13)18(32)7-20(35-19)21(33)30-22-10-23(11-22,12-22)31-9-16(8-29-31)34-14-2-3-15(6-14)36-24(26,27)28/h1,4-5,8-9,14-15,20H,2-3,6-7,10-12H2,(H,30,33)/t14?,15?,20-,22?,23?/m1/s1. The maximum absolute atomic E-state index is 12.9. The second kappa shape index (κ2) is 8.11. The number of fused-ring (bicyclic) bond motifs is 1. The molecule has 0 saturated heterocycles. The fraction of sp³-hybridized carbons (Fsp3) is 0.542. The predicted molar refractivity (Wildman–Crippen MR) is 119 cm³/mol. The lowest BCUT2D eigenvalue weighted by Gasteiger charge is -2.70. The number of benzene rings is 1. The van der Waals surface area contributed by atoms with Gasteiger partial charge in [0.2, 0.25) is 0 Å². The summed E-state index contributed by atoms with van der Waals surface area (Å²) in [7, 11) is 0. The van der Waals surface area contributed by atoms with Crippen LogP contribution in [0.15, 0.2) is 30.6 Å². The highest BCUT2D eigenvalue weighted by molar-refractivity contribution is 6.31. The van der Waals surface area contributed by atoms with E-state index in [2.05, 4.69) is 15.2 Å². The Morgan fingerprint density at radius 3 is 2.72 bits per heavy atom. The summed E-state index contributed by atoms with van der Waals surface area (Å²) in [6.45, 7) is 0. The first kappa shape index (κ1) is 23.6. The lowest BCUT2D eigenvalue weighted by atomic mass is 9.44. The second-order valence-electron chi connectivity index (χ2n) is 10.3. The van der Waals surface area contributed by atoms with Crippen LogP contribution in [0, 0.1) is 0 Å². The van der Waals surface area contributed by atoms with Crippen LogP contribution in [-0.4, -0.2) is 51.7 Å². The smallest absolute Gasteiger partial charge is 0.487 e. The molecule has 5 aliphatic rings. The Kier molecular flexibility index (Phi) is 5.31. The van der Waals surface area contributed by atoms with Crippen molar-refractivity contribution >= 4 is 23.3 Å². The van der Waals surface area contributed by atoms with Gasteiger partial charge in [0.05, 0.1) is 36.0 Å². The highest BCUT2D eigenvalue weighted by Gasteiger charge is 2.70. The van der Waals surface area contributed by atoms with Crippen LogP contribution in [0.5, 0.6) is 11.5 Å².